The van der Waals surface area contributed by atoms with E-state index in [1.165, 1.54) is 11.8 Å². The maximum absolute atomic E-state index is 10.7. The Hall–Kier alpha value is -1.82. The van der Waals surface area contributed by atoms with Gasteiger partial charge in [-0.1, -0.05) is 25.6 Å². The normalized spacial score (nSPS) is 10.9. The maximum atomic E-state index is 10.7. The van der Waals surface area contributed by atoms with Gasteiger partial charge in [-0.05, 0) is 24.1 Å². The third-order valence-corrected chi connectivity index (χ3v) is 3.52. The van der Waals surface area contributed by atoms with Gasteiger partial charge >= 0.3 is 5.97 Å². The summed E-state index contributed by atoms with van der Waals surface area (Å²) < 4.78 is 1.77. The Morgan fingerprint density at radius 2 is 2.11 bits per heavy atom. The number of carboxylic acid groups (broad SMARTS) is 1. The minimum Gasteiger partial charge on any atom is -0.481 e. The average molecular weight is 277 g/mol. The molecule has 0 spiro atoms. The van der Waals surface area contributed by atoms with E-state index in [2.05, 4.69) is 23.9 Å². The second kappa shape index (κ2) is 5.88. The smallest absolute Gasteiger partial charge is 0.313 e. The first-order chi connectivity index (χ1) is 9.08. The number of pyridine rings is 1. The fourth-order valence-corrected chi connectivity index (χ4v) is 2.32. The molecule has 5 nitrogen and oxygen atoms in total. The minimum absolute atomic E-state index is 0.0221. The molecule has 6 heteroatoms. The van der Waals surface area contributed by atoms with Gasteiger partial charge in [0.15, 0.2) is 0 Å². The van der Waals surface area contributed by atoms with Crippen molar-refractivity contribution in [1.29, 1.82) is 0 Å². The maximum Gasteiger partial charge on any atom is 0.313 e. The number of nitrogens with zero attached hydrogens (tertiary/aromatic N) is 3. The Labute approximate surface area is 115 Å². The molecule has 2 heterocycles. The molecule has 0 unspecified atom stereocenters. The molecular weight excluding hydrogens is 262 g/mol. The summed E-state index contributed by atoms with van der Waals surface area (Å²) in [7, 11) is 0. The number of carbonyl (C=O) groups is 1. The van der Waals surface area contributed by atoms with Crippen LogP contribution in [0.1, 0.15) is 25.5 Å². The number of rotatable bonds is 5. The molecule has 19 heavy (non-hydrogen) atoms. The van der Waals surface area contributed by atoms with Crippen molar-refractivity contribution in [3.8, 4) is 5.69 Å². The Kier molecular flexibility index (Phi) is 4.21. The van der Waals surface area contributed by atoms with Crippen molar-refractivity contribution in [3.63, 3.8) is 0 Å². The lowest BCUT2D eigenvalue weighted by Gasteiger charge is -2.05. The first-order valence-corrected chi connectivity index (χ1v) is 6.91. The lowest BCUT2D eigenvalue weighted by atomic mass is 10.1. The van der Waals surface area contributed by atoms with Crippen molar-refractivity contribution < 1.29 is 9.90 Å². The molecule has 0 saturated heterocycles. The molecule has 0 atom stereocenters. The van der Waals surface area contributed by atoms with Crippen LogP contribution in [0.3, 0.4) is 0 Å². The summed E-state index contributed by atoms with van der Waals surface area (Å²) in [5.74, 6) is -0.514. The van der Waals surface area contributed by atoms with E-state index in [1.807, 2.05) is 18.2 Å². The number of hydrogen-bond donors (Lipinski definition) is 1. The Morgan fingerprint density at radius 3 is 2.68 bits per heavy atom. The van der Waals surface area contributed by atoms with Crippen LogP contribution >= 0.6 is 11.8 Å². The predicted octanol–water partition coefficient (Wildman–Crippen LogP) is 2.57. The summed E-state index contributed by atoms with van der Waals surface area (Å²) in [6.45, 7) is 4.12. The summed E-state index contributed by atoms with van der Waals surface area (Å²) in [6.07, 6.45) is 3.38. The van der Waals surface area contributed by atoms with E-state index < -0.39 is 5.97 Å². The number of aromatic nitrogens is 3. The highest BCUT2D eigenvalue weighted by atomic mass is 32.2. The van der Waals surface area contributed by atoms with Gasteiger partial charge in [-0.2, -0.15) is 5.10 Å². The summed E-state index contributed by atoms with van der Waals surface area (Å²) in [6, 6.07) is 5.64. The molecule has 2 aromatic rings. The van der Waals surface area contributed by atoms with Gasteiger partial charge in [0.05, 0.1) is 17.1 Å². The molecule has 0 aliphatic carbocycles. The lowest BCUT2D eigenvalue weighted by Crippen LogP contribution is -2.02. The van der Waals surface area contributed by atoms with Crippen LogP contribution < -0.4 is 0 Å². The molecule has 0 fully saturated rings. The van der Waals surface area contributed by atoms with Crippen LogP contribution in [0.2, 0.25) is 0 Å². The van der Waals surface area contributed by atoms with Crippen LogP contribution in [0.4, 0.5) is 0 Å². The van der Waals surface area contributed by atoms with Gasteiger partial charge in [0.1, 0.15) is 5.03 Å². The highest BCUT2D eigenvalue weighted by Gasteiger charge is 2.13. The molecule has 0 aliphatic rings. The highest BCUT2D eigenvalue weighted by Crippen LogP contribution is 2.25. The summed E-state index contributed by atoms with van der Waals surface area (Å²) in [5, 5.41) is 14.2. The number of aliphatic carboxylic acids is 1. The van der Waals surface area contributed by atoms with Crippen LogP contribution in [0.15, 0.2) is 35.6 Å². The van der Waals surface area contributed by atoms with Crippen LogP contribution in [0.5, 0.6) is 0 Å². The van der Waals surface area contributed by atoms with E-state index in [0.717, 1.165) is 16.4 Å². The van der Waals surface area contributed by atoms with Crippen LogP contribution in [0.25, 0.3) is 5.69 Å². The average Bonchev–Trinajstić information content (AvgIpc) is 2.81. The van der Waals surface area contributed by atoms with Crippen molar-refractivity contribution in [2.75, 3.05) is 5.75 Å². The molecule has 2 rings (SSSR count). The summed E-state index contributed by atoms with van der Waals surface area (Å²) in [4.78, 5) is 14.7. The van der Waals surface area contributed by atoms with E-state index in [0.29, 0.717) is 5.92 Å². The Bertz CT molecular complexity index is 567. The van der Waals surface area contributed by atoms with Crippen molar-refractivity contribution in [3.05, 3.63) is 36.3 Å². The van der Waals surface area contributed by atoms with Crippen LogP contribution in [-0.2, 0) is 4.79 Å². The van der Waals surface area contributed by atoms with Crippen molar-refractivity contribution in [2.24, 2.45) is 0 Å². The SMILES string of the molecule is CC(C)c1cc(SCC(=O)O)n(-c2ccncc2)n1. The zero-order valence-electron chi connectivity index (χ0n) is 10.8. The van der Waals surface area contributed by atoms with Crippen molar-refractivity contribution in [2.45, 2.75) is 24.8 Å². The van der Waals surface area contributed by atoms with Gasteiger partial charge in [0.2, 0.25) is 0 Å². The van der Waals surface area contributed by atoms with Gasteiger partial charge < -0.3 is 5.11 Å². The lowest BCUT2D eigenvalue weighted by molar-refractivity contribution is -0.133. The van der Waals surface area contributed by atoms with Gasteiger partial charge in [0.25, 0.3) is 0 Å². The fourth-order valence-electron chi connectivity index (χ4n) is 1.57. The molecule has 0 aliphatic heterocycles. The second-order valence-corrected chi connectivity index (χ2v) is 5.36. The molecule has 100 valence electrons. The van der Waals surface area contributed by atoms with Gasteiger partial charge in [-0.3, -0.25) is 9.78 Å². The Balaban J connectivity index is 2.37. The first-order valence-electron chi connectivity index (χ1n) is 5.93. The molecule has 2 aromatic heterocycles. The molecule has 0 bridgehead atoms. The first kappa shape index (κ1) is 13.6. The van der Waals surface area contributed by atoms with Crippen LogP contribution in [-0.4, -0.2) is 31.6 Å². The van der Waals surface area contributed by atoms with E-state index >= 15 is 0 Å². The van der Waals surface area contributed by atoms with Gasteiger partial charge in [-0.15, -0.1) is 0 Å². The molecule has 0 amide bonds. The van der Waals surface area contributed by atoms with Gasteiger partial charge in [-0.25, -0.2) is 4.68 Å². The zero-order valence-corrected chi connectivity index (χ0v) is 11.6. The van der Waals surface area contributed by atoms with Crippen molar-refractivity contribution >= 4 is 17.7 Å². The van der Waals surface area contributed by atoms with Crippen LogP contribution in [0, 0.1) is 0 Å². The molecule has 0 saturated carbocycles. The molecule has 0 radical (unpaired) electrons. The van der Waals surface area contributed by atoms with E-state index in [1.54, 1.807) is 17.1 Å². The molecule has 0 aromatic carbocycles. The monoisotopic (exact) mass is 277 g/mol. The fraction of sp³-hybridized carbons (Fsp3) is 0.308. The van der Waals surface area contributed by atoms with E-state index in [4.69, 9.17) is 5.11 Å². The third-order valence-electron chi connectivity index (χ3n) is 2.54. The third kappa shape index (κ3) is 3.35. The second-order valence-electron chi connectivity index (χ2n) is 4.36. The number of carboxylic acids is 1. The molecule has 1 N–H and O–H groups in total. The summed E-state index contributed by atoms with van der Waals surface area (Å²) in [5.41, 5.74) is 1.83. The zero-order chi connectivity index (χ0) is 13.8. The summed E-state index contributed by atoms with van der Waals surface area (Å²) >= 11 is 1.27. The Morgan fingerprint density at radius 1 is 1.42 bits per heavy atom. The van der Waals surface area contributed by atoms with E-state index in [-0.39, 0.29) is 5.75 Å². The van der Waals surface area contributed by atoms with E-state index in [9.17, 15) is 4.79 Å². The quantitative estimate of drug-likeness (QED) is 0.851. The number of hydrogen-bond acceptors (Lipinski definition) is 4. The highest BCUT2D eigenvalue weighted by molar-refractivity contribution is 7.99. The number of thioether (sulfide) groups is 1. The van der Waals surface area contributed by atoms with Gasteiger partial charge in [0, 0.05) is 12.4 Å². The van der Waals surface area contributed by atoms with Crippen molar-refractivity contribution in [1.82, 2.24) is 14.8 Å². The largest absolute Gasteiger partial charge is 0.481 e. The molecular formula is C13H15N3O2S. The topological polar surface area (TPSA) is 68.0 Å². The predicted molar refractivity (Wildman–Crippen MR) is 73.8 cm³/mol. The minimum atomic E-state index is -0.835. The standard InChI is InChI=1S/C13H15N3O2S/c1-9(2)11-7-12(19-8-13(17)18)16(15-11)10-3-5-14-6-4-10/h3-7,9H,8H2,1-2H3,(H,17,18).